The van der Waals surface area contributed by atoms with Crippen molar-refractivity contribution in [1.82, 2.24) is 4.98 Å². The molecule has 14 heavy (non-hydrogen) atoms. The van der Waals surface area contributed by atoms with E-state index in [1.165, 1.54) is 6.20 Å². The van der Waals surface area contributed by atoms with Gasteiger partial charge in [0.15, 0.2) is 0 Å². The third-order valence-electron chi connectivity index (χ3n) is 1.98. The van der Waals surface area contributed by atoms with Crippen molar-refractivity contribution >= 4 is 11.6 Å². The number of nitrogens with one attached hydrogen (secondary N) is 1. The van der Waals surface area contributed by atoms with E-state index in [2.05, 4.69) is 4.98 Å². The quantitative estimate of drug-likeness (QED) is 0.763. The van der Waals surface area contributed by atoms with Crippen molar-refractivity contribution in [3.05, 3.63) is 58.0 Å². The molecular weight excluding hydrogens is 198 g/mol. The number of aromatic nitrogens is 1. The molecule has 3 heteroatoms. The van der Waals surface area contributed by atoms with Crippen LogP contribution < -0.4 is 5.43 Å². The molecule has 0 aliphatic heterocycles. The molecule has 1 aromatic heterocycles. The second-order valence-electron chi connectivity index (χ2n) is 2.91. The summed E-state index contributed by atoms with van der Waals surface area (Å²) in [6.07, 6.45) is 3.14. The zero-order chi connectivity index (χ0) is 9.97. The van der Waals surface area contributed by atoms with Crippen molar-refractivity contribution in [2.24, 2.45) is 0 Å². The lowest BCUT2D eigenvalue weighted by molar-refractivity contribution is 1.30. The summed E-state index contributed by atoms with van der Waals surface area (Å²) in [6.45, 7) is 0. The van der Waals surface area contributed by atoms with Crippen molar-refractivity contribution in [3.8, 4) is 11.1 Å². The van der Waals surface area contributed by atoms with Crippen LogP contribution in [0.1, 0.15) is 0 Å². The third kappa shape index (κ3) is 1.56. The summed E-state index contributed by atoms with van der Waals surface area (Å²) in [5, 5.41) is 0.214. The Balaban J connectivity index is 2.64. The number of rotatable bonds is 1. The summed E-state index contributed by atoms with van der Waals surface area (Å²) in [6, 6.07) is 9.43. The van der Waals surface area contributed by atoms with Crippen LogP contribution in [-0.4, -0.2) is 4.98 Å². The third-order valence-corrected chi connectivity index (χ3v) is 2.26. The van der Waals surface area contributed by atoms with Crippen molar-refractivity contribution in [3.63, 3.8) is 0 Å². The normalized spacial score (nSPS) is 10.1. The van der Waals surface area contributed by atoms with Crippen LogP contribution >= 0.6 is 11.6 Å². The molecule has 0 fully saturated rings. The summed E-state index contributed by atoms with van der Waals surface area (Å²) in [5.74, 6) is 0. The van der Waals surface area contributed by atoms with Crippen LogP contribution in [0, 0.1) is 0 Å². The molecule has 0 aliphatic carbocycles. The topological polar surface area (TPSA) is 32.9 Å². The highest BCUT2D eigenvalue weighted by Gasteiger charge is 2.04. The first kappa shape index (κ1) is 9.03. The van der Waals surface area contributed by atoms with Gasteiger partial charge in [0.25, 0.3) is 0 Å². The fourth-order valence-corrected chi connectivity index (χ4v) is 1.45. The Morgan fingerprint density at radius 2 is 1.79 bits per heavy atom. The molecule has 0 spiro atoms. The summed E-state index contributed by atoms with van der Waals surface area (Å²) in [4.78, 5) is 14.5. The maximum atomic E-state index is 11.6. The zero-order valence-corrected chi connectivity index (χ0v) is 8.08. The molecular formula is C11H8ClNO. The van der Waals surface area contributed by atoms with E-state index in [9.17, 15) is 4.79 Å². The Hall–Kier alpha value is -1.54. The Morgan fingerprint density at radius 1 is 1.07 bits per heavy atom. The number of hydrogen-bond donors (Lipinski definition) is 1. The molecule has 0 bridgehead atoms. The van der Waals surface area contributed by atoms with Gasteiger partial charge >= 0.3 is 0 Å². The van der Waals surface area contributed by atoms with E-state index < -0.39 is 0 Å². The number of H-pyrrole nitrogens is 1. The number of halogens is 1. The largest absolute Gasteiger partial charge is 0.366 e. The predicted octanol–water partition coefficient (Wildman–Crippen LogP) is 2.70. The number of aromatic amines is 1. The van der Waals surface area contributed by atoms with Gasteiger partial charge in [-0.2, -0.15) is 0 Å². The number of hydrogen-bond acceptors (Lipinski definition) is 1. The molecule has 0 atom stereocenters. The summed E-state index contributed by atoms with van der Waals surface area (Å²) >= 11 is 5.72. The number of benzene rings is 1. The lowest BCUT2D eigenvalue weighted by atomic mass is 10.1. The first-order valence-electron chi connectivity index (χ1n) is 4.21. The first-order valence-corrected chi connectivity index (χ1v) is 4.59. The van der Waals surface area contributed by atoms with E-state index in [1.807, 2.05) is 30.3 Å². The second kappa shape index (κ2) is 3.68. The summed E-state index contributed by atoms with van der Waals surface area (Å²) < 4.78 is 0. The van der Waals surface area contributed by atoms with E-state index in [0.29, 0.717) is 5.56 Å². The average Bonchev–Trinajstić information content (AvgIpc) is 2.23. The Bertz CT molecular complexity index is 490. The van der Waals surface area contributed by atoms with E-state index in [4.69, 9.17) is 11.6 Å². The highest BCUT2D eigenvalue weighted by molar-refractivity contribution is 6.30. The van der Waals surface area contributed by atoms with E-state index in [0.717, 1.165) is 5.56 Å². The van der Waals surface area contributed by atoms with Crippen LogP contribution in [-0.2, 0) is 0 Å². The molecule has 2 rings (SSSR count). The summed E-state index contributed by atoms with van der Waals surface area (Å²) in [5.41, 5.74) is 1.32. The molecule has 0 unspecified atom stereocenters. The molecule has 0 saturated heterocycles. The molecule has 70 valence electrons. The fourth-order valence-electron chi connectivity index (χ4n) is 1.29. The molecule has 0 saturated carbocycles. The van der Waals surface area contributed by atoms with Gasteiger partial charge in [-0.3, -0.25) is 4.79 Å². The van der Waals surface area contributed by atoms with Crippen LogP contribution in [0.2, 0.25) is 5.02 Å². The van der Waals surface area contributed by atoms with Gasteiger partial charge in [0.05, 0.1) is 0 Å². The molecule has 1 aromatic carbocycles. The fraction of sp³-hybridized carbons (Fsp3) is 0. The van der Waals surface area contributed by atoms with Gasteiger partial charge in [-0.25, -0.2) is 0 Å². The molecule has 1 heterocycles. The van der Waals surface area contributed by atoms with Gasteiger partial charge in [0.2, 0.25) is 5.43 Å². The maximum absolute atomic E-state index is 11.6. The minimum Gasteiger partial charge on any atom is -0.366 e. The minimum absolute atomic E-state index is 0.142. The van der Waals surface area contributed by atoms with Crippen molar-refractivity contribution in [1.29, 1.82) is 0 Å². The van der Waals surface area contributed by atoms with Crippen molar-refractivity contribution in [2.45, 2.75) is 0 Å². The second-order valence-corrected chi connectivity index (χ2v) is 3.32. The van der Waals surface area contributed by atoms with E-state index in [1.54, 1.807) is 6.20 Å². The van der Waals surface area contributed by atoms with Crippen LogP contribution in [0.25, 0.3) is 11.1 Å². The molecule has 0 aliphatic rings. The standard InChI is InChI=1S/C11H8ClNO/c12-10-7-13-6-9(11(10)14)8-4-2-1-3-5-8/h1-7H,(H,13,14). The van der Waals surface area contributed by atoms with Gasteiger partial charge in [0.1, 0.15) is 5.02 Å². The molecule has 2 aromatic rings. The SMILES string of the molecule is O=c1c(Cl)c[nH]cc1-c1ccccc1. The van der Waals surface area contributed by atoms with Crippen LogP contribution in [0.4, 0.5) is 0 Å². The van der Waals surface area contributed by atoms with Gasteiger partial charge < -0.3 is 4.98 Å². The molecule has 2 nitrogen and oxygen atoms in total. The lowest BCUT2D eigenvalue weighted by Gasteiger charge is -1.99. The molecule has 1 N–H and O–H groups in total. The van der Waals surface area contributed by atoms with Gasteiger partial charge in [0, 0.05) is 18.0 Å². The Labute approximate surface area is 86.2 Å². The average molecular weight is 206 g/mol. The van der Waals surface area contributed by atoms with E-state index >= 15 is 0 Å². The predicted molar refractivity (Wildman–Crippen MR) is 57.5 cm³/mol. The highest BCUT2D eigenvalue weighted by Crippen LogP contribution is 2.15. The van der Waals surface area contributed by atoms with Crippen LogP contribution in [0.15, 0.2) is 47.5 Å². The minimum atomic E-state index is -0.142. The molecule has 0 amide bonds. The van der Waals surface area contributed by atoms with Crippen molar-refractivity contribution < 1.29 is 0 Å². The Kier molecular flexibility index (Phi) is 2.37. The first-order chi connectivity index (χ1) is 6.79. The monoisotopic (exact) mass is 205 g/mol. The van der Waals surface area contributed by atoms with Gasteiger partial charge in [-0.05, 0) is 5.56 Å². The highest BCUT2D eigenvalue weighted by atomic mass is 35.5. The smallest absolute Gasteiger partial charge is 0.207 e. The van der Waals surface area contributed by atoms with E-state index in [-0.39, 0.29) is 10.5 Å². The number of pyridine rings is 1. The summed E-state index contributed by atoms with van der Waals surface area (Å²) in [7, 11) is 0. The molecule has 0 radical (unpaired) electrons. The van der Waals surface area contributed by atoms with Crippen LogP contribution in [0.5, 0.6) is 0 Å². The van der Waals surface area contributed by atoms with Gasteiger partial charge in [-0.1, -0.05) is 41.9 Å². The van der Waals surface area contributed by atoms with Gasteiger partial charge in [-0.15, -0.1) is 0 Å². The maximum Gasteiger partial charge on any atom is 0.207 e. The van der Waals surface area contributed by atoms with Crippen molar-refractivity contribution in [2.75, 3.05) is 0 Å². The van der Waals surface area contributed by atoms with Crippen LogP contribution in [0.3, 0.4) is 0 Å². The Morgan fingerprint density at radius 3 is 2.50 bits per heavy atom. The zero-order valence-electron chi connectivity index (χ0n) is 7.33. The lowest BCUT2D eigenvalue weighted by Crippen LogP contribution is -2.05.